The van der Waals surface area contributed by atoms with Crippen LogP contribution in [0.3, 0.4) is 0 Å². The molecule has 0 saturated heterocycles. The number of rotatable bonds is 6. The lowest BCUT2D eigenvalue weighted by molar-refractivity contribution is 0.0975. The molecule has 118 valence electrons. The van der Waals surface area contributed by atoms with Crippen LogP contribution in [-0.4, -0.2) is 35.3 Å². The highest BCUT2D eigenvalue weighted by atomic mass is 16.1. The average molecular weight is 306 g/mol. The minimum Gasteiger partial charge on any atom is -0.299 e. The third-order valence-electron chi connectivity index (χ3n) is 4.30. The van der Waals surface area contributed by atoms with E-state index in [0.29, 0.717) is 6.42 Å². The van der Waals surface area contributed by atoms with Crippen molar-refractivity contribution in [2.24, 2.45) is 0 Å². The fourth-order valence-electron chi connectivity index (χ4n) is 2.96. The number of ketones is 1. The maximum absolute atomic E-state index is 12.1. The molecule has 0 radical (unpaired) electrons. The van der Waals surface area contributed by atoms with Crippen molar-refractivity contribution in [2.75, 3.05) is 19.6 Å². The summed E-state index contributed by atoms with van der Waals surface area (Å²) in [4.78, 5) is 18.5. The van der Waals surface area contributed by atoms with Crippen molar-refractivity contribution in [3.8, 4) is 0 Å². The zero-order valence-corrected chi connectivity index (χ0v) is 13.3. The Morgan fingerprint density at radius 3 is 2.70 bits per heavy atom. The number of carbonyl (C=O) groups excluding carboxylic acids is 1. The summed E-state index contributed by atoms with van der Waals surface area (Å²) in [6.07, 6.45) is 8.25. The average Bonchev–Trinajstić information content (AvgIpc) is 2.64. The lowest BCUT2D eigenvalue weighted by atomic mass is 9.99. The van der Waals surface area contributed by atoms with Gasteiger partial charge in [0.15, 0.2) is 5.78 Å². The maximum Gasteiger partial charge on any atom is 0.164 e. The Morgan fingerprint density at radius 2 is 2.00 bits per heavy atom. The molecule has 23 heavy (non-hydrogen) atoms. The first-order chi connectivity index (χ1) is 11.3. The van der Waals surface area contributed by atoms with E-state index in [1.54, 1.807) is 12.4 Å². The number of aromatic nitrogens is 1. The number of benzene rings is 1. The summed E-state index contributed by atoms with van der Waals surface area (Å²) in [5.41, 5.74) is 3.49. The van der Waals surface area contributed by atoms with Crippen LogP contribution in [0.15, 0.2) is 60.9 Å². The summed E-state index contributed by atoms with van der Waals surface area (Å²) in [6, 6.07) is 14.2. The van der Waals surface area contributed by atoms with E-state index in [2.05, 4.69) is 46.3 Å². The number of pyridine rings is 1. The van der Waals surface area contributed by atoms with Gasteiger partial charge in [-0.25, -0.2) is 0 Å². The highest BCUT2D eigenvalue weighted by Gasteiger charge is 2.13. The van der Waals surface area contributed by atoms with Gasteiger partial charge in [-0.3, -0.25) is 14.7 Å². The minimum absolute atomic E-state index is 0.190. The van der Waals surface area contributed by atoms with E-state index < -0.39 is 0 Å². The zero-order valence-electron chi connectivity index (χ0n) is 13.3. The molecule has 0 aliphatic carbocycles. The summed E-state index contributed by atoms with van der Waals surface area (Å²) in [6.45, 7) is 3.03. The molecule has 3 rings (SSSR count). The van der Waals surface area contributed by atoms with Crippen LogP contribution >= 0.6 is 0 Å². The van der Waals surface area contributed by atoms with Crippen molar-refractivity contribution >= 4 is 11.4 Å². The Bertz CT molecular complexity index is 665. The summed E-state index contributed by atoms with van der Waals surface area (Å²) < 4.78 is 0. The van der Waals surface area contributed by atoms with E-state index in [1.165, 1.54) is 11.1 Å². The van der Waals surface area contributed by atoms with E-state index >= 15 is 0 Å². The molecule has 0 N–H and O–H groups in total. The van der Waals surface area contributed by atoms with Crippen molar-refractivity contribution in [1.29, 1.82) is 0 Å². The second-order valence-electron chi connectivity index (χ2n) is 5.91. The fourth-order valence-corrected chi connectivity index (χ4v) is 2.96. The normalized spacial score (nSPS) is 15.2. The molecule has 0 atom stereocenters. The third-order valence-corrected chi connectivity index (χ3v) is 4.30. The summed E-state index contributed by atoms with van der Waals surface area (Å²) in [7, 11) is 0. The molecule has 3 nitrogen and oxygen atoms in total. The van der Waals surface area contributed by atoms with E-state index in [4.69, 9.17) is 0 Å². The van der Waals surface area contributed by atoms with Gasteiger partial charge < -0.3 is 0 Å². The lowest BCUT2D eigenvalue weighted by Crippen LogP contribution is -2.29. The van der Waals surface area contributed by atoms with Crippen molar-refractivity contribution < 1.29 is 4.79 Å². The summed E-state index contributed by atoms with van der Waals surface area (Å²) >= 11 is 0. The molecule has 1 aliphatic heterocycles. The SMILES string of the molecule is O=C(CCCN1CC=C(c2ccccc2)CC1)c1cccnc1. The van der Waals surface area contributed by atoms with E-state index in [1.807, 2.05) is 12.1 Å². The molecule has 1 aromatic carbocycles. The maximum atomic E-state index is 12.1. The van der Waals surface area contributed by atoms with Gasteiger partial charge in [0, 0.05) is 37.5 Å². The highest BCUT2D eigenvalue weighted by molar-refractivity contribution is 5.95. The van der Waals surface area contributed by atoms with Gasteiger partial charge in [0.05, 0.1) is 0 Å². The Hall–Kier alpha value is -2.26. The number of nitrogens with zero attached hydrogens (tertiary/aromatic N) is 2. The van der Waals surface area contributed by atoms with Gasteiger partial charge in [-0.1, -0.05) is 36.4 Å². The predicted molar refractivity (Wildman–Crippen MR) is 93.3 cm³/mol. The number of Topliss-reactive ketones (excluding diaryl/α,β-unsaturated/α-hetero) is 1. The van der Waals surface area contributed by atoms with Crippen LogP contribution in [0.4, 0.5) is 0 Å². The molecule has 0 saturated carbocycles. The first-order valence-corrected chi connectivity index (χ1v) is 8.23. The molecule has 0 fully saturated rings. The molecule has 0 amide bonds. The van der Waals surface area contributed by atoms with Crippen LogP contribution in [0.1, 0.15) is 35.2 Å². The van der Waals surface area contributed by atoms with Crippen molar-refractivity contribution in [3.05, 3.63) is 72.1 Å². The van der Waals surface area contributed by atoms with E-state index in [0.717, 1.165) is 38.0 Å². The Morgan fingerprint density at radius 1 is 1.13 bits per heavy atom. The molecule has 2 heterocycles. The second kappa shape index (κ2) is 7.84. The van der Waals surface area contributed by atoms with Crippen LogP contribution in [0.25, 0.3) is 5.57 Å². The molecule has 2 aromatic rings. The Labute approximate surface area is 137 Å². The smallest absolute Gasteiger partial charge is 0.164 e. The molecule has 3 heteroatoms. The molecule has 0 bridgehead atoms. The Balaban J connectivity index is 1.44. The number of hydrogen-bond acceptors (Lipinski definition) is 3. The van der Waals surface area contributed by atoms with Gasteiger partial charge >= 0.3 is 0 Å². The quantitative estimate of drug-likeness (QED) is 0.760. The van der Waals surface area contributed by atoms with Gasteiger partial charge in [-0.05, 0) is 42.7 Å². The van der Waals surface area contributed by atoms with Gasteiger partial charge in [0.2, 0.25) is 0 Å². The van der Waals surface area contributed by atoms with Crippen molar-refractivity contribution in [2.45, 2.75) is 19.3 Å². The number of hydrogen-bond donors (Lipinski definition) is 0. The first kappa shape index (κ1) is 15.6. The summed E-state index contributed by atoms with van der Waals surface area (Å²) in [5.74, 6) is 0.190. The van der Waals surface area contributed by atoms with Crippen LogP contribution in [-0.2, 0) is 0 Å². The monoisotopic (exact) mass is 306 g/mol. The lowest BCUT2D eigenvalue weighted by Gasteiger charge is -2.26. The molecule has 1 aliphatic rings. The fraction of sp³-hybridized carbons (Fsp3) is 0.300. The van der Waals surface area contributed by atoms with E-state index in [-0.39, 0.29) is 5.78 Å². The van der Waals surface area contributed by atoms with Crippen LogP contribution in [0.5, 0.6) is 0 Å². The molecule has 1 aromatic heterocycles. The molecular formula is C20H22N2O. The standard InChI is InChI=1S/C20H22N2O/c23-20(19-8-4-12-21-16-19)9-5-13-22-14-10-18(11-15-22)17-6-2-1-3-7-17/h1-4,6-8,10,12,16H,5,9,11,13-15H2. The zero-order chi connectivity index (χ0) is 15.9. The van der Waals surface area contributed by atoms with Crippen LogP contribution in [0, 0.1) is 0 Å². The number of carbonyl (C=O) groups is 1. The van der Waals surface area contributed by atoms with Crippen LogP contribution < -0.4 is 0 Å². The Kier molecular flexibility index (Phi) is 5.33. The van der Waals surface area contributed by atoms with Crippen molar-refractivity contribution in [1.82, 2.24) is 9.88 Å². The molecule has 0 unspecified atom stereocenters. The highest BCUT2D eigenvalue weighted by Crippen LogP contribution is 2.22. The largest absolute Gasteiger partial charge is 0.299 e. The predicted octanol–water partition coefficient (Wildman–Crippen LogP) is 3.83. The van der Waals surface area contributed by atoms with Gasteiger partial charge in [0.1, 0.15) is 0 Å². The second-order valence-corrected chi connectivity index (χ2v) is 5.91. The van der Waals surface area contributed by atoms with Crippen LogP contribution in [0.2, 0.25) is 0 Å². The van der Waals surface area contributed by atoms with Crippen molar-refractivity contribution in [3.63, 3.8) is 0 Å². The van der Waals surface area contributed by atoms with Gasteiger partial charge in [0.25, 0.3) is 0 Å². The molecular weight excluding hydrogens is 284 g/mol. The molecule has 0 spiro atoms. The topological polar surface area (TPSA) is 33.2 Å². The van der Waals surface area contributed by atoms with Gasteiger partial charge in [-0.15, -0.1) is 0 Å². The minimum atomic E-state index is 0.190. The van der Waals surface area contributed by atoms with E-state index in [9.17, 15) is 4.79 Å². The summed E-state index contributed by atoms with van der Waals surface area (Å²) in [5, 5.41) is 0. The first-order valence-electron chi connectivity index (χ1n) is 8.23. The van der Waals surface area contributed by atoms with Gasteiger partial charge in [-0.2, -0.15) is 0 Å². The third kappa shape index (κ3) is 4.36.